The highest BCUT2D eigenvalue weighted by Gasteiger charge is 2.31. The Bertz CT molecular complexity index is 234. The highest BCUT2D eigenvalue weighted by molar-refractivity contribution is 8.49. The van der Waals surface area contributed by atoms with Gasteiger partial charge in [0.25, 0.3) is 0 Å². The van der Waals surface area contributed by atoms with Crippen molar-refractivity contribution in [3.63, 3.8) is 0 Å². The molecule has 0 aliphatic carbocycles. The molecular formula is C4H11O4PS. The van der Waals surface area contributed by atoms with Crippen LogP contribution in [0.15, 0.2) is 0 Å². The van der Waals surface area contributed by atoms with Crippen molar-refractivity contribution in [2.24, 2.45) is 0 Å². The van der Waals surface area contributed by atoms with Gasteiger partial charge in [0.05, 0.1) is 0 Å². The first-order valence-corrected chi connectivity index (χ1v) is 7.05. The zero-order chi connectivity index (χ0) is 8.41. The molecule has 0 saturated heterocycles. The van der Waals surface area contributed by atoms with Crippen LogP contribution in [0.4, 0.5) is 0 Å². The lowest BCUT2D eigenvalue weighted by Gasteiger charge is -2.08. The standard InChI is InChI=1S/C4H11O4PS/c1-3-9(5,4-2)10(6,7)8/h3-4H2,1-2H3,(H,6,7,8). The van der Waals surface area contributed by atoms with E-state index < -0.39 is 16.1 Å². The molecule has 10 heavy (non-hydrogen) atoms. The van der Waals surface area contributed by atoms with Gasteiger partial charge in [0.1, 0.15) is 0 Å². The molecule has 0 aliphatic heterocycles. The second-order valence-corrected chi connectivity index (χ2v) is 9.07. The van der Waals surface area contributed by atoms with Crippen LogP contribution in [0.5, 0.6) is 0 Å². The molecule has 0 rings (SSSR count). The van der Waals surface area contributed by atoms with E-state index in [1.165, 1.54) is 13.8 Å². The van der Waals surface area contributed by atoms with Crippen molar-refractivity contribution in [2.45, 2.75) is 13.8 Å². The maximum absolute atomic E-state index is 11.1. The van der Waals surface area contributed by atoms with Crippen molar-refractivity contribution in [3.05, 3.63) is 0 Å². The first kappa shape index (κ1) is 10.1. The maximum Gasteiger partial charge on any atom is 0.315 e. The summed E-state index contributed by atoms with van der Waals surface area (Å²) in [6.07, 6.45) is -3.33. The van der Waals surface area contributed by atoms with Gasteiger partial charge in [-0.2, -0.15) is 8.42 Å². The summed E-state index contributed by atoms with van der Waals surface area (Å²) in [6, 6.07) is 0. The normalized spacial score (nSPS) is 13.5. The monoisotopic (exact) mass is 186 g/mol. The third-order valence-corrected chi connectivity index (χ3v) is 8.22. The minimum Gasteiger partial charge on any atom is -0.304 e. The number of hydrogen-bond donors (Lipinski definition) is 1. The van der Waals surface area contributed by atoms with E-state index in [9.17, 15) is 13.0 Å². The Labute approximate surface area is 60.5 Å². The minimum atomic E-state index is -4.31. The molecule has 62 valence electrons. The van der Waals surface area contributed by atoms with Crippen LogP contribution in [0, 0.1) is 0 Å². The highest BCUT2D eigenvalue weighted by atomic mass is 32.8. The van der Waals surface area contributed by atoms with Crippen LogP contribution < -0.4 is 0 Å². The third kappa shape index (κ3) is 1.81. The lowest BCUT2D eigenvalue weighted by molar-refractivity contribution is 0.493. The fourth-order valence-electron chi connectivity index (χ4n) is 0.550. The molecule has 1 N–H and O–H groups in total. The van der Waals surface area contributed by atoms with E-state index in [4.69, 9.17) is 4.55 Å². The number of rotatable bonds is 3. The van der Waals surface area contributed by atoms with Crippen molar-refractivity contribution in [2.75, 3.05) is 12.3 Å². The molecule has 6 heteroatoms. The van der Waals surface area contributed by atoms with E-state index >= 15 is 0 Å². The molecule has 0 aromatic carbocycles. The molecule has 0 saturated carbocycles. The summed E-state index contributed by atoms with van der Waals surface area (Å²) in [5.41, 5.74) is 0. The molecule has 0 aromatic heterocycles. The largest absolute Gasteiger partial charge is 0.315 e. The van der Waals surface area contributed by atoms with Crippen LogP contribution in [0.1, 0.15) is 13.8 Å². The molecule has 0 unspecified atom stereocenters. The Hall–Kier alpha value is 0.140. The van der Waals surface area contributed by atoms with Crippen molar-refractivity contribution in [1.29, 1.82) is 0 Å². The fourth-order valence-corrected chi connectivity index (χ4v) is 3.61. The zero-order valence-electron chi connectivity index (χ0n) is 5.94. The molecule has 0 spiro atoms. The second kappa shape index (κ2) is 3.03. The molecule has 0 heterocycles. The van der Waals surface area contributed by atoms with Crippen molar-refractivity contribution in [1.82, 2.24) is 0 Å². The minimum absolute atomic E-state index is 0.00231. The topological polar surface area (TPSA) is 71.4 Å². The molecule has 4 nitrogen and oxygen atoms in total. The van der Waals surface area contributed by atoms with Crippen LogP contribution >= 0.6 is 6.34 Å². The van der Waals surface area contributed by atoms with Gasteiger partial charge < -0.3 is 4.57 Å². The van der Waals surface area contributed by atoms with E-state index in [0.717, 1.165) is 0 Å². The van der Waals surface area contributed by atoms with Crippen LogP contribution in [0.3, 0.4) is 0 Å². The lowest BCUT2D eigenvalue weighted by Crippen LogP contribution is -2.03. The molecule has 0 bridgehead atoms. The summed E-state index contributed by atoms with van der Waals surface area (Å²) >= 11 is 0. The zero-order valence-corrected chi connectivity index (χ0v) is 7.65. The number of hydrogen-bond acceptors (Lipinski definition) is 3. The molecule has 0 radical (unpaired) electrons. The van der Waals surface area contributed by atoms with E-state index in [1.54, 1.807) is 0 Å². The molecular weight excluding hydrogens is 175 g/mol. The van der Waals surface area contributed by atoms with E-state index in [1.807, 2.05) is 0 Å². The van der Waals surface area contributed by atoms with Crippen molar-refractivity contribution >= 4 is 16.1 Å². The predicted octanol–water partition coefficient (Wildman–Crippen LogP) is 1.19. The van der Waals surface area contributed by atoms with E-state index in [-0.39, 0.29) is 12.3 Å². The SMILES string of the molecule is CCP(=O)(CC)S(=O)(=O)O. The fraction of sp³-hybridized carbons (Fsp3) is 1.00. The summed E-state index contributed by atoms with van der Waals surface area (Å²) in [5, 5.41) is 0. The average Bonchev–Trinajstić information content (AvgIpc) is 1.84. The van der Waals surface area contributed by atoms with Gasteiger partial charge in [0, 0.05) is 12.3 Å². The Kier molecular flexibility index (Phi) is 3.07. The van der Waals surface area contributed by atoms with Crippen molar-refractivity contribution in [3.8, 4) is 0 Å². The lowest BCUT2D eigenvalue weighted by atomic mass is 11.0. The van der Waals surface area contributed by atoms with Gasteiger partial charge in [-0.1, -0.05) is 13.8 Å². The summed E-state index contributed by atoms with van der Waals surface area (Å²) in [6.45, 7) is 2.97. The second-order valence-electron chi connectivity index (χ2n) is 1.89. The Morgan fingerprint density at radius 1 is 1.30 bits per heavy atom. The molecule has 0 atom stereocenters. The summed E-state index contributed by atoms with van der Waals surface area (Å²) in [5.74, 6) is 0. The average molecular weight is 186 g/mol. The smallest absolute Gasteiger partial charge is 0.304 e. The first-order chi connectivity index (χ1) is 4.37. The Morgan fingerprint density at radius 3 is 1.60 bits per heavy atom. The van der Waals surface area contributed by atoms with Crippen molar-refractivity contribution < 1.29 is 17.5 Å². The van der Waals surface area contributed by atoms with Crippen LogP contribution in [0.2, 0.25) is 0 Å². The maximum atomic E-state index is 11.1. The molecule has 0 aromatic rings. The summed E-state index contributed by atoms with van der Waals surface area (Å²) < 4.78 is 40.4. The molecule has 0 fully saturated rings. The molecule has 0 aliphatic rings. The van der Waals surface area contributed by atoms with Crippen LogP contribution in [0.25, 0.3) is 0 Å². The Morgan fingerprint density at radius 2 is 1.60 bits per heavy atom. The van der Waals surface area contributed by atoms with E-state index in [0.29, 0.717) is 0 Å². The van der Waals surface area contributed by atoms with Gasteiger partial charge in [-0.3, -0.25) is 4.55 Å². The van der Waals surface area contributed by atoms with Gasteiger partial charge in [-0.05, 0) is 0 Å². The summed E-state index contributed by atoms with van der Waals surface area (Å²) in [4.78, 5) is 0. The van der Waals surface area contributed by atoms with Crippen LogP contribution in [-0.2, 0) is 14.3 Å². The van der Waals surface area contributed by atoms with Gasteiger partial charge >= 0.3 is 9.74 Å². The van der Waals surface area contributed by atoms with Gasteiger partial charge in [0.15, 0.2) is 0 Å². The first-order valence-electron chi connectivity index (χ1n) is 2.93. The summed E-state index contributed by atoms with van der Waals surface area (Å²) in [7, 11) is -4.31. The Balaban J connectivity index is 4.89. The third-order valence-electron chi connectivity index (χ3n) is 1.38. The molecule has 0 amide bonds. The predicted molar refractivity (Wildman–Crippen MR) is 40.2 cm³/mol. The van der Waals surface area contributed by atoms with E-state index in [2.05, 4.69) is 0 Å². The van der Waals surface area contributed by atoms with Crippen LogP contribution in [-0.4, -0.2) is 25.3 Å². The quantitative estimate of drug-likeness (QED) is 0.530. The van der Waals surface area contributed by atoms with Gasteiger partial charge in [-0.25, -0.2) is 0 Å². The van der Waals surface area contributed by atoms with Gasteiger partial charge in [-0.15, -0.1) is 0 Å². The van der Waals surface area contributed by atoms with Gasteiger partial charge in [0.2, 0.25) is 6.34 Å². The highest BCUT2D eigenvalue weighted by Crippen LogP contribution is 2.50.